The van der Waals surface area contributed by atoms with Gasteiger partial charge in [0.15, 0.2) is 17.2 Å². The van der Waals surface area contributed by atoms with Gasteiger partial charge in [-0.05, 0) is 12.1 Å². The predicted octanol–water partition coefficient (Wildman–Crippen LogP) is 1.70. The van der Waals surface area contributed by atoms with E-state index >= 15 is 0 Å². The molecule has 0 spiro atoms. The molecule has 1 aromatic heterocycles. The molecular weight excluding hydrogens is 252 g/mol. The van der Waals surface area contributed by atoms with Crippen molar-refractivity contribution < 1.29 is 24.1 Å². The standard InChI is InChI=1S/C12H8N2O5/c15-12(16)8-4-11(14-5-13-8)19-7-1-2-9-10(3-7)18-6-17-9/h1-5H,6H2,(H,15,16). The number of aromatic nitrogens is 2. The molecule has 0 saturated carbocycles. The first kappa shape index (κ1) is 11.3. The topological polar surface area (TPSA) is 90.8 Å². The first-order valence-electron chi connectivity index (χ1n) is 5.35. The number of rotatable bonds is 3. The molecule has 7 nitrogen and oxygen atoms in total. The van der Waals surface area contributed by atoms with E-state index in [2.05, 4.69) is 9.97 Å². The third-order valence-corrected chi connectivity index (χ3v) is 2.43. The quantitative estimate of drug-likeness (QED) is 0.897. The van der Waals surface area contributed by atoms with E-state index in [0.717, 1.165) is 6.33 Å². The van der Waals surface area contributed by atoms with Gasteiger partial charge < -0.3 is 19.3 Å². The van der Waals surface area contributed by atoms with Crippen LogP contribution in [0.5, 0.6) is 23.1 Å². The molecule has 1 aliphatic heterocycles. The minimum Gasteiger partial charge on any atom is -0.477 e. The molecule has 0 radical (unpaired) electrons. The molecule has 3 rings (SSSR count). The fourth-order valence-corrected chi connectivity index (χ4v) is 1.57. The molecule has 19 heavy (non-hydrogen) atoms. The lowest BCUT2D eigenvalue weighted by Gasteiger charge is -2.05. The first-order chi connectivity index (χ1) is 9.22. The summed E-state index contributed by atoms with van der Waals surface area (Å²) in [6, 6.07) is 6.27. The van der Waals surface area contributed by atoms with Crippen molar-refractivity contribution in [3.8, 4) is 23.1 Å². The van der Waals surface area contributed by atoms with Crippen LogP contribution in [0, 0.1) is 0 Å². The number of carboxylic acids is 1. The maximum absolute atomic E-state index is 10.8. The number of benzene rings is 1. The number of hydrogen-bond acceptors (Lipinski definition) is 6. The molecule has 0 fully saturated rings. The van der Waals surface area contributed by atoms with Crippen LogP contribution in [-0.4, -0.2) is 27.8 Å². The van der Waals surface area contributed by atoms with Crippen LogP contribution >= 0.6 is 0 Å². The number of ether oxygens (including phenoxy) is 3. The molecule has 96 valence electrons. The highest BCUT2D eigenvalue weighted by atomic mass is 16.7. The molecule has 2 aromatic rings. The minimum absolute atomic E-state index is 0.134. The Bertz CT molecular complexity index is 644. The summed E-state index contributed by atoms with van der Waals surface area (Å²) < 4.78 is 15.8. The molecule has 0 amide bonds. The summed E-state index contributed by atoms with van der Waals surface area (Å²) in [6.45, 7) is 0.176. The van der Waals surface area contributed by atoms with Crippen LogP contribution in [0.3, 0.4) is 0 Å². The maximum atomic E-state index is 10.8. The Balaban J connectivity index is 1.85. The Morgan fingerprint density at radius 2 is 2.05 bits per heavy atom. The molecule has 0 unspecified atom stereocenters. The highest BCUT2D eigenvalue weighted by molar-refractivity contribution is 5.85. The van der Waals surface area contributed by atoms with Gasteiger partial charge in [0, 0.05) is 12.1 Å². The Morgan fingerprint density at radius 3 is 2.89 bits per heavy atom. The molecule has 0 atom stereocenters. The third-order valence-electron chi connectivity index (χ3n) is 2.43. The van der Waals surface area contributed by atoms with Gasteiger partial charge in [-0.1, -0.05) is 0 Å². The van der Waals surface area contributed by atoms with Crippen molar-refractivity contribution in [2.45, 2.75) is 0 Å². The molecule has 1 N–H and O–H groups in total. The highest BCUT2D eigenvalue weighted by Crippen LogP contribution is 2.36. The zero-order valence-electron chi connectivity index (χ0n) is 9.57. The van der Waals surface area contributed by atoms with E-state index < -0.39 is 5.97 Å². The summed E-state index contributed by atoms with van der Waals surface area (Å²) in [7, 11) is 0. The van der Waals surface area contributed by atoms with Crippen molar-refractivity contribution in [1.29, 1.82) is 0 Å². The summed E-state index contributed by atoms with van der Waals surface area (Å²) in [4.78, 5) is 18.2. The zero-order valence-corrected chi connectivity index (χ0v) is 9.57. The van der Waals surface area contributed by atoms with Gasteiger partial charge in [-0.25, -0.2) is 14.8 Å². The normalized spacial score (nSPS) is 12.2. The average Bonchev–Trinajstić information content (AvgIpc) is 2.86. The summed E-state index contributed by atoms with van der Waals surface area (Å²) in [5, 5.41) is 8.82. The van der Waals surface area contributed by atoms with Crippen molar-refractivity contribution in [2.24, 2.45) is 0 Å². The highest BCUT2D eigenvalue weighted by Gasteiger charge is 2.14. The molecule has 0 bridgehead atoms. The molecule has 0 aliphatic carbocycles. The van der Waals surface area contributed by atoms with Gasteiger partial charge in [-0.3, -0.25) is 0 Å². The van der Waals surface area contributed by atoms with Gasteiger partial charge in [-0.2, -0.15) is 0 Å². The van der Waals surface area contributed by atoms with Crippen molar-refractivity contribution in [3.63, 3.8) is 0 Å². The van der Waals surface area contributed by atoms with Gasteiger partial charge in [0.25, 0.3) is 0 Å². The fourth-order valence-electron chi connectivity index (χ4n) is 1.57. The number of carboxylic acid groups (broad SMARTS) is 1. The van der Waals surface area contributed by atoms with E-state index in [9.17, 15) is 4.79 Å². The smallest absolute Gasteiger partial charge is 0.354 e. The van der Waals surface area contributed by atoms with Crippen LogP contribution < -0.4 is 14.2 Å². The van der Waals surface area contributed by atoms with E-state index in [-0.39, 0.29) is 18.4 Å². The second kappa shape index (κ2) is 4.45. The number of hydrogen-bond donors (Lipinski definition) is 1. The lowest BCUT2D eigenvalue weighted by atomic mass is 10.3. The number of carbonyl (C=O) groups is 1. The van der Waals surface area contributed by atoms with Crippen molar-refractivity contribution in [3.05, 3.63) is 36.3 Å². The molecular formula is C12H8N2O5. The van der Waals surface area contributed by atoms with Crippen molar-refractivity contribution in [1.82, 2.24) is 9.97 Å². The predicted molar refractivity (Wildman–Crippen MR) is 61.6 cm³/mol. The zero-order chi connectivity index (χ0) is 13.2. The van der Waals surface area contributed by atoms with Gasteiger partial charge >= 0.3 is 5.97 Å². The molecule has 0 saturated heterocycles. The van der Waals surface area contributed by atoms with Gasteiger partial charge in [-0.15, -0.1) is 0 Å². The SMILES string of the molecule is O=C(O)c1cc(Oc2ccc3c(c2)OCO3)ncn1. The lowest BCUT2D eigenvalue weighted by molar-refractivity contribution is 0.0689. The molecule has 1 aliphatic rings. The minimum atomic E-state index is -1.14. The van der Waals surface area contributed by atoms with E-state index in [0.29, 0.717) is 17.2 Å². The Labute approximate surface area is 107 Å². The maximum Gasteiger partial charge on any atom is 0.354 e. The van der Waals surface area contributed by atoms with Gasteiger partial charge in [0.05, 0.1) is 0 Å². The number of nitrogens with zero attached hydrogens (tertiary/aromatic N) is 2. The molecule has 2 heterocycles. The first-order valence-corrected chi connectivity index (χ1v) is 5.35. The summed E-state index contributed by atoms with van der Waals surface area (Å²) >= 11 is 0. The van der Waals surface area contributed by atoms with E-state index in [4.69, 9.17) is 19.3 Å². The Kier molecular flexibility index (Phi) is 2.64. The second-order valence-corrected chi connectivity index (χ2v) is 3.66. The lowest BCUT2D eigenvalue weighted by Crippen LogP contribution is -2.01. The van der Waals surface area contributed by atoms with Crippen molar-refractivity contribution in [2.75, 3.05) is 6.79 Å². The van der Waals surface area contributed by atoms with E-state index in [1.165, 1.54) is 6.07 Å². The Hall–Kier alpha value is -2.83. The summed E-state index contributed by atoms with van der Waals surface area (Å²) in [6.07, 6.45) is 1.13. The largest absolute Gasteiger partial charge is 0.477 e. The van der Waals surface area contributed by atoms with E-state index in [1.807, 2.05) is 0 Å². The number of fused-ring (bicyclic) bond motifs is 1. The monoisotopic (exact) mass is 260 g/mol. The van der Waals surface area contributed by atoms with Crippen LogP contribution in [0.1, 0.15) is 10.5 Å². The second-order valence-electron chi connectivity index (χ2n) is 3.66. The van der Waals surface area contributed by atoms with E-state index in [1.54, 1.807) is 18.2 Å². The van der Waals surface area contributed by atoms with Gasteiger partial charge in [0.1, 0.15) is 12.1 Å². The summed E-state index contributed by atoms with van der Waals surface area (Å²) in [5.74, 6) is 0.690. The Morgan fingerprint density at radius 1 is 1.21 bits per heavy atom. The van der Waals surface area contributed by atoms with Crippen molar-refractivity contribution >= 4 is 5.97 Å². The van der Waals surface area contributed by atoms with Gasteiger partial charge in [0.2, 0.25) is 12.7 Å². The summed E-state index contributed by atoms with van der Waals surface area (Å²) in [5.41, 5.74) is -0.134. The third kappa shape index (κ3) is 2.25. The average molecular weight is 260 g/mol. The van der Waals surface area contributed by atoms with Crippen LogP contribution in [0.2, 0.25) is 0 Å². The molecule has 7 heteroatoms. The van der Waals surface area contributed by atoms with Crippen LogP contribution in [0.15, 0.2) is 30.6 Å². The van der Waals surface area contributed by atoms with Crippen LogP contribution in [0.25, 0.3) is 0 Å². The van der Waals surface area contributed by atoms with Crippen LogP contribution in [-0.2, 0) is 0 Å². The van der Waals surface area contributed by atoms with Crippen LogP contribution in [0.4, 0.5) is 0 Å². The number of aromatic carboxylic acids is 1. The molecule has 1 aromatic carbocycles. The fraction of sp³-hybridized carbons (Fsp3) is 0.0833.